The summed E-state index contributed by atoms with van der Waals surface area (Å²) >= 11 is 0. The first-order valence-corrected chi connectivity index (χ1v) is 12.6. The molecule has 1 aromatic heterocycles. The summed E-state index contributed by atoms with van der Waals surface area (Å²) in [4.78, 5) is 12.6. The number of aryl methyl sites for hydroxylation is 1. The number of rotatable bonds is 7. The lowest BCUT2D eigenvalue weighted by molar-refractivity contribution is 0.0939. The van der Waals surface area contributed by atoms with Crippen molar-refractivity contribution >= 4 is 15.9 Å². The highest BCUT2D eigenvalue weighted by Gasteiger charge is 2.31. The van der Waals surface area contributed by atoms with Crippen LogP contribution in [0.15, 0.2) is 29.2 Å². The summed E-state index contributed by atoms with van der Waals surface area (Å²) in [6, 6.07) is 7.52. The van der Waals surface area contributed by atoms with Gasteiger partial charge in [0.25, 0.3) is 5.91 Å². The monoisotopic (exact) mass is 446 g/mol. The Balaban J connectivity index is 1.78. The van der Waals surface area contributed by atoms with E-state index in [0.717, 1.165) is 37.7 Å². The quantitative estimate of drug-likeness (QED) is 0.704. The van der Waals surface area contributed by atoms with Gasteiger partial charge in [0.05, 0.1) is 17.9 Å². The van der Waals surface area contributed by atoms with Crippen molar-refractivity contribution in [3.8, 4) is 0 Å². The Hall–Kier alpha value is -2.19. The molecule has 1 saturated heterocycles. The smallest absolute Gasteiger partial charge is 0.251 e. The van der Waals surface area contributed by atoms with E-state index < -0.39 is 10.0 Å². The van der Waals surface area contributed by atoms with E-state index in [1.807, 2.05) is 32.9 Å². The second-order valence-corrected chi connectivity index (χ2v) is 10.3. The zero-order valence-corrected chi connectivity index (χ0v) is 19.8. The number of nitrogens with zero attached hydrogens (tertiary/aromatic N) is 3. The summed E-state index contributed by atoms with van der Waals surface area (Å²) in [5.41, 5.74) is 2.76. The molecular weight excluding hydrogens is 412 g/mol. The predicted molar refractivity (Wildman–Crippen MR) is 122 cm³/mol. The van der Waals surface area contributed by atoms with Gasteiger partial charge in [0.2, 0.25) is 10.0 Å². The number of hydrogen-bond donors (Lipinski definition) is 1. The molecule has 3 rings (SSSR count). The minimum Gasteiger partial charge on any atom is -0.350 e. The van der Waals surface area contributed by atoms with Crippen LogP contribution in [0.25, 0.3) is 0 Å². The molecule has 1 fully saturated rings. The molecule has 2 heterocycles. The van der Waals surface area contributed by atoms with Gasteiger partial charge in [0.15, 0.2) is 0 Å². The minimum absolute atomic E-state index is 0.0853. The van der Waals surface area contributed by atoms with E-state index in [-0.39, 0.29) is 11.9 Å². The third-order valence-electron chi connectivity index (χ3n) is 6.02. The molecule has 1 amide bonds. The van der Waals surface area contributed by atoms with Crippen LogP contribution in [-0.4, -0.2) is 47.5 Å². The highest BCUT2D eigenvalue weighted by atomic mass is 32.2. The Labute approximate surface area is 185 Å². The second kappa shape index (κ2) is 9.96. The topological polar surface area (TPSA) is 84.3 Å². The number of sulfonamides is 1. The predicted octanol–water partition coefficient (Wildman–Crippen LogP) is 3.64. The molecular formula is C23H34N4O3S. The fraction of sp³-hybridized carbons (Fsp3) is 0.565. The summed E-state index contributed by atoms with van der Waals surface area (Å²) in [5.74, 6) is -0.0853. The molecule has 0 unspecified atom stereocenters. The number of hydrogen-bond acceptors (Lipinski definition) is 4. The maximum atomic E-state index is 13.3. The summed E-state index contributed by atoms with van der Waals surface area (Å²) in [7, 11) is -3.55. The Kier molecular flexibility index (Phi) is 7.54. The maximum Gasteiger partial charge on any atom is 0.251 e. The van der Waals surface area contributed by atoms with E-state index in [0.29, 0.717) is 41.5 Å². The molecule has 1 aliphatic heterocycles. The second-order valence-electron chi connectivity index (χ2n) is 8.46. The van der Waals surface area contributed by atoms with E-state index in [4.69, 9.17) is 0 Å². The Morgan fingerprint density at radius 2 is 1.71 bits per heavy atom. The van der Waals surface area contributed by atoms with Gasteiger partial charge in [-0.2, -0.15) is 9.40 Å². The van der Waals surface area contributed by atoms with Crippen LogP contribution < -0.4 is 5.32 Å². The van der Waals surface area contributed by atoms with Gasteiger partial charge in [-0.3, -0.25) is 9.48 Å². The molecule has 0 aliphatic carbocycles. The van der Waals surface area contributed by atoms with Crippen molar-refractivity contribution in [2.45, 2.75) is 77.3 Å². The van der Waals surface area contributed by atoms with Gasteiger partial charge < -0.3 is 5.32 Å². The third kappa shape index (κ3) is 5.36. The van der Waals surface area contributed by atoms with E-state index in [1.165, 1.54) is 0 Å². The molecule has 1 aromatic carbocycles. The first-order valence-electron chi connectivity index (χ1n) is 11.2. The number of nitrogens with one attached hydrogen (secondary N) is 1. The zero-order valence-electron chi connectivity index (χ0n) is 19.0. The minimum atomic E-state index is -3.55. The first-order chi connectivity index (χ1) is 14.7. The molecule has 31 heavy (non-hydrogen) atoms. The Morgan fingerprint density at radius 1 is 1.10 bits per heavy atom. The van der Waals surface area contributed by atoms with E-state index in [1.54, 1.807) is 28.0 Å². The molecule has 0 radical (unpaired) electrons. The summed E-state index contributed by atoms with van der Waals surface area (Å²) < 4.78 is 30.0. The Bertz CT molecular complexity index is 1000. The molecule has 8 heteroatoms. The first kappa shape index (κ1) is 23.5. The molecule has 170 valence electrons. The van der Waals surface area contributed by atoms with Gasteiger partial charge >= 0.3 is 0 Å². The molecule has 1 aliphatic rings. The molecule has 0 bridgehead atoms. The molecule has 0 saturated carbocycles. The van der Waals surface area contributed by atoms with E-state index in [2.05, 4.69) is 10.4 Å². The Morgan fingerprint density at radius 3 is 2.29 bits per heavy atom. The average Bonchev–Trinajstić information content (AvgIpc) is 2.93. The number of carbonyl (C=O) groups excluding carboxylic acids is 1. The number of carbonyl (C=O) groups is 1. The molecule has 1 N–H and O–H groups in total. The summed E-state index contributed by atoms with van der Waals surface area (Å²) in [6.45, 7) is 9.19. The van der Waals surface area contributed by atoms with Crippen molar-refractivity contribution in [2.75, 3.05) is 13.1 Å². The van der Waals surface area contributed by atoms with Crippen molar-refractivity contribution in [1.82, 2.24) is 19.4 Å². The fourth-order valence-electron chi connectivity index (χ4n) is 3.96. The van der Waals surface area contributed by atoms with Crippen LogP contribution in [0.5, 0.6) is 0 Å². The number of aromatic nitrogens is 2. The number of benzene rings is 1. The van der Waals surface area contributed by atoms with Gasteiger partial charge in [0, 0.05) is 24.7 Å². The van der Waals surface area contributed by atoms with Crippen molar-refractivity contribution in [1.29, 1.82) is 0 Å². The molecule has 1 atom stereocenters. The van der Waals surface area contributed by atoms with Crippen LogP contribution in [0.1, 0.15) is 73.3 Å². The summed E-state index contributed by atoms with van der Waals surface area (Å²) in [6.07, 6.45) is 4.85. The summed E-state index contributed by atoms with van der Waals surface area (Å²) in [5, 5.41) is 7.49. The van der Waals surface area contributed by atoms with Crippen LogP contribution in [0.4, 0.5) is 0 Å². The van der Waals surface area contributed by atoms with Crippen LogP contribution in [0.3, 0.4) is 0 Å². The molecule has 7 nitrogen and oxygen atoms in total. The van der Waals surface area contributed by atoms with Crippen molar-refractivity contribution in [3.63, 3.8) is 0 Å². The number of amides is 1. The highest BCUT2D eigenvalue weighted by molar-refractivity contribution is 7.89. The van der Waals surface area contributed by atoms with Gasteiger partial charge in [-0.25, -0.2) is 8.42 Å². The standard InChI is InChI=1S/C23H34N4O3S/c1-5-17(2)24-23(28)21-12-10-20(11-13-21)16-27-19(4)22(18(3)25-27)31(29,30)26-14-8-6-7-9-15-26/h10-13,17H,5-9,14-16H2,1-4H3,(H,24,28)/t17-/m1/s1. The van der Waals surface area contributed by atoms with Crippen molar-refractivity contribution in [2.24, 2.45) is 0 Å². The zero-order chi connectivity index (χ0) is 22.6. The molecule has 0 spiro atoms. The van der Waals surface area contributed by atoms with Crippen LogP contribution in [0.2, 0.25) is 0 Å². The lowest BCUT2D eigenvalue weighted by atomic mass is 10.1. The molecule has 2 aromatic rings. The highest BCUT2D eigenvalue weighted by Crippen LogP contribution is 2.26. The largest absolute Gasteiger partial charge is 0.350 e. The van der Waals surface area contributed by atoms with Crippen molar-refractivity contribution in [3.05, 3.63) is 46.8 Å². The fourth-order valence-corrected chi connectivity index (χ4v) is 5.85. The van der Waals surface area contributed by atoms with Crippen LogP contribution in [0, 0.1) is 13.8 Å². The van der Waals surface area contributed by atoms with Gasteiger partial charge in [-0.1, -0.05) is 31.9 Å². The van der Waals surface area contributed by atoms with Gasteiger partial charge in [-0.15, -0.1) is 0 Å². The van der Waals surface area contributed by atoms with E-state index >= 15 is 0 Å². The van der Waals surface area contributed by atoms with Crippen LogP contribution >= 0.6 is 0 Å². The SMILES string of the molecule is CC[C@@H](C)NC(=O)c1ccc(Cn2nc(C)c(S(=O)(=O)N3CCCCCC3)c2C)cc1. The lowest BCUT2D eigenvalue weighted by Crippen LogP contribution is -2.32. The van der Waals surface area contributed by atoms with Crippen LogP contribution in [-0.2, 0) is 16.6 Å². The average molecular weight is 447 g/mol. The normalized spacial score (nSPS) is 16.6. The van der Waals surface area contributed by atoms with Gasteiger partial charge in [0.1, 0.15) is 4.90 Å². The van der Waals surface area contributed by atoms with Crippen molar-refractivity contribution < 1.29 is 13.2 Å². The van der Waals surface area contributed by atoms with E-state index in [9.17, 15) is 13.2 Å². The third-order valence-corrected chi connectivity index (χ3v) is 8.17. The lowest BCUT2D eigenvalue weighted by Gasteiger charge is -2.20. The van der Waals surface area contributed by atoms with Gasteiger partial charge in [-0.05, 0) is 57.7 Å². The maximum absolute atomic E-state index is 13.3.